The fourth-order valence-corrected chi connectivity index (χ4v) is 3.95. The van der Waals surface area contributed by atoms with Crippen molar-refractivity contribution in [3.63, 3.8) is 0 Å². The fourth-order valence-electron chi connectivity index (χ4n) is 3.95. The molecule has 1 aromatic heterocycles. The lowest BCUT2D eigenvalue weighted by molar-refractivity contribution is -0.137. The molecule has 1 aliphatic rings. The second-order valence-electron chi connectivity index (χ2n) is 7.75. The maximum absolute atomic E-state index is 12.8. The molecule has 3 aromatic rings. The molecule has 1 fully saturated rings. The van der Waals surface area contributed by atoms with Crippen LogP contribution in [0.4, 0.5) is 13.2 Å². The number of halogens is 3. The van der Waals surface area contributed by atoms with Crippen molar-refractivity contribution in [2.45, 2.75) is 37.4 Å². The SMILES string of the molecule is N[C@@H](CC(=O)N1CCCC(c2nc3ccccc3[nH]2)C1)c1ccc(C(F)(F)F)cc1. The van der Waals surface area contributed by atoms with E-state index in [1.807, 2.05) is 24.3 Å². The molecule has 1 unspecified atom stereocenters. The van der Waals surface area contributed by atoms with E-state index < -0.39 is 17.8 Å². The van der Waals surface area contributed by atoms with Crippen LogP contribution in [-0.4, -0.2) is 33.9 Å². The number of fused-ring (bicyclic) bond motifs is 1. The molecule has 1 aliphatic heterocycles. The Labute approximate surface area is 172 Å². The second-order valence-corrected chi connectivity index (χ2v) is 7.75. The molecule has 0 bridgehead atoms. The van der Waals surface area contributed by atoms with Crippen molar-refractivity contribution in [2.75, 3.05) is 13.1 Å². The van der Waals surface area contributed by atoms with Crippen molar-refractivity contribution in [3.8, 4) is 0 Å². The number of amides is 1. The molecule has 5 nitrogen and oxygen atoms in total. The first-order valence-electron chi connectivity index (χ1n) is 9.96. The average molecular weight is 416 g/mol. The lowest BCUT2D eigenvalue weighted by Crippen LogP contribution is -2.40. The number of H-pyrrole nitrogens is 1. The van der Waals surface area contributed by atoms with Crippen LogP contribution in [0, 0.1) is 0 Å². The molecule has 1 amide bonds. The lowest BCUT2D eigenvalue weighted by atomic mass is 9.96. The number of carbonyl (C=O) groups is 1. The first kappa shape index (κ1) is 20.4. The maximum atomic E-state index is 12.8. The molecule has 4 rings (SSSR count). The van der Waals surface area contributed by atoms with Crippen LogP contribution in [0.5, 0.6) is 0 Å². The molecule has 158 valence electrons. The van der Waals surface area contributed by atoms with Crippen LogP contribution < -0.4 is 5.73 Å². The van der Waals surface area contributed by atoms with Gasteiger partial charge in [0.25, 0.3) is 0 Å². The molecule has 0 aliphatic carbocycles. The van der Waals surface area contributed by atoms with Crippen LogP contribution in [0.2, 0.25) is 0 Å². The minimum absolute atomic E-state index is 0.0538. The molecule has 1 saturated heterocycles. The largest absolute Gasteiger partial charge is 0.416 e. The molecular weight excluding hydrogens is 393 g/mol. The minimum Gasteiger partial charge on any atom is -0.342 e. The van der Waals surface area contributed by atoms with Gasteiger partial charge in [-0.1, -0.05) is 24.3 Å². The van der Waals surface area contributed by atoms with Crippen molar-refractivity contribution in [1.82, 2.24) is 14.9 Å². The third kappa shape index (κ3) is 4.33. The number of imidazole rings is 1. The van der Waals surface area contributed by atoms with Gasteiger partial charge >= 0.3 is 6.18 Å². The number of aromatic amines is 1. The highest BCUT2D eigenvalue weighted by atomic mass is 19.4. The number of alkyl halides is 3. The molecule has 3 N–H and O–H groups in total. The van der Waals surface area contributed by atoms with Crippen LogP contribution in [0.3, 0.4) is 0 Å². The van der Waals surface area contributed by atoms with Crippen molar-refractivity contribution in [1.29, 1.82) is 0 Å². The number of benzene rings is 2. The molecule has 8 heteroatoms. The number of nitrogens with two attached hydrogens (primary N) is 1. The second kappa shape index (κ2) is 8.10. The van der Waals surface area contributed by atoms with E-state index in [9.17, 15) is 18.0 Å². The fraction of sp³-hybridized carbons (Fsp3) is 0.364. The van der Waals surface area contributed by atoms with E-state index in [1.165, 1.54) is 12.1 Å². The zero-order chi connectivity index (χ0) is 21.3. The zero-order valence-corrected chi connectivity index (χ0v) is 16.3. The molecule has 0 spiro atoms. The van der Waals surface area contributed by atoms with E-state index in [2.05, 4.69) is 9.97 Å². The summed E-state index contributed by atoms with van der Waals surface area (Å²) in [6.07, 6.45) is -2.53. The number of nitrogens with one attached hydrogen (secondary N) is 1. The van der Waals surface area contributed by atoms with Gasteiger partial charge < -0.3 is 15.6 Å². The Hall–Kier alpha value is -2.87. The molecule has 2 aromatic carbocycles. The Morgan fingerprint density at radius 1 is 1.20 bits per heavy atom. The Balaban J connectivity index is 1.40. The topological polar surface area (TPSA) is 75.0 Å². The summed E-state index contributed by atoms with van der Waals surface area (Å²) < 4.78 is 38.2. The van der Waals surface area contributed by atoms with Crippen LogP contribution in [0.15, 0.2) is 48.5 Å². The van der Waals surface area contributed by atoms with Gasteiger partial charge in [0.15, 0.2) is 0 Å². The first-order chi connectivity index (χ1) is 14.3. The Kier molecular flexibility index (Phi) is 5.51. The number of rotatable bonds is 4. The standard InChI is InChI=1S/C22H23F3N4O/c23-22(24,25)16-9-7-14(8-10-16)17(26)12-20(30)29-11-3-4-15(13-29)21-27-18-5-1-2-6-19(18)28-21/h1-2,5-10,15,17H,3-4,11-13,26H2,(H,27,28)/t15?,17-/m0/s1. The molecule has 2 atom stereocenters. The van der Waals surface area contributed by atoms with E-state index in [-0.39, 0.29) is 18.2 Å². The number of para-hydroxylation sites is 2. The quantitative estimate of drug-likeness (QED) is 0.663. The van der Waals surface area contributed by atoms with Gasteiger partial charge in [-0.3, -0.25) is 4.79 Å². The Morgan fingerprint density at radius 3 is 2.63 bits per heavy atom. The van der Waals surface area contributed by atoms with Gasteiger partial charge in [0.2, 0.25) is 5.91 Å². The number of hydrogen-bond acceptors (Lipinski definition) is 3. The predicted molar refractivity (Wildman–Crippen MR) is 108 cm³/mol. The monoisotopic (exact) mass is 416 g/mol. The highest BCUT2D eigenvalue weighted by molar-refractivity contribution is 5.77. The summed E-state index contributed by atoms with van der Waals surface area (Å²) in [5.41, 5.74) is 7.78. The van der Waals surface area contributed by atoms with E-state index >= 15 is 0 Å². The van der Waals surface area contributed by atoms with Gasteiger partial charge in [-0.15, -0.1) is 0 Å². The molecular formula is C22H23F3N4O. The third-order valence-corrected chi connectivity index (χ3v) is 5.63. The number of carbonyl (C=O) groups excluding carboxylic acids is 1. The number of aromatic nitrogens is 2. The highest BCUT2D eigenvalue weighted by Crippen LogP contribution is 2.31. The van der Waals surface area contributed by atoms with Crippen molar-refractivity contribution in [3.05, 3.63) is 65.5 Å². The van der Waals surface area contributed by atoms with Gasteiger partial charge in [-0.2, -0.15) is 13.2 Å². The normalized spacial score (nSPS) is 18.5. The third-order valence-electron chi connectivity index (χ3n) is 5.63. The van der Waals surface area contributed by atoms with Gasteiger partial charge in [0.1, 0.15) is 5.82 Å². The number of hydrogen-bond donors (Lipinski definition) is 2. The van der Waals surface area contributed by atoms with Gasteiger partial charge in [0.05, 0.1) is 16.6 Å². The van der Waals surface area contributed by atoms with Crippen LogP contribution in [0.1, 0.15) is 48.2 Å². The van der Waals surface area contributed by atoms with Crippen molar-refractivity contribution >= 4 is 16.9 Å². The Morgan fingerprint density at radius 2 is 1.93 bits per heavy atom. The van der Waals surface area contributed by atoms with Gasteiger partial charge in [0, 0.05) is 31.5 Å². The Bertz CT molecular complexity index is 996. The van der Waals surface area contributed by atoms with Crippen molar-refractivity contribution in [2.24, 2.45) is 5.73 Å². The van der Waals surface area contributed by atoms with E-state index in [1.54, 1.807) is 4.90 Å². The number of nitrogens with zero attached hydrogens (tertiary/aromatic N) is 2. The summed E-state index contributed by atoms with van der Waals surface area (Å²) in [5, 5.41) is 0. The number of likely N-dealkylation sites (tertiary alicyclic amines) is 1. The van der Waals surface area contributed by atoms with E-state index in [4.69, 9.17) is 5.73 Å². The summed E-state index contributed by atoms with van der Waals surface area (Å²) in [4.78, 5) is 22.6. The van der Waals surface area contributed by atoms with Crippen molar-refractivity contribution < 1.29 is 18.0 Å². The van der Waals surface area contributed by atoms with Crippen LogP contribution in [0.25, 0.3) is 11.0 Å². The van der Waals surface area contributed by atoms with E-state index in [0.29, 0.717) is 18.7 Å². The lowest BCUT2D eigenvalue weighted by Gasteiger charge is -2.32. The van der Waals surface area contributed by atoms with Crippen LogP contribution in [-0.2, 0) is 11.0 Å². The minimum atomic E-state index is -4.39. The smallest absolute Gasteiger partial charge is 0.342 e. The molecule has 0 radical (unpaired) electrons. The summed E-state index contributed by atoms with van der Waals surface area (Å²) in [6.45, 7) is 1.20. The predicted octanol–water partition coefficient (Wildman–Crippen LogP) is 4.38. The average Bonchev–Trinajstić information content (AvgIpc) is 3.17. The van der Waals surface area contributed by atoms with Crippen LogP contribution >= 0.6 is 0 Å². The zero-order valence-electron chi connectivity index (χ0n) is 16.3. The molecule has 30 heavy (non-hydrogen) atoms. The highest BCUT2D eigenvalue weighted by Gasteiger charge is 2.31. The maximum Gasteiger partial charge on any atom is 0.416 e. The van der Waals surface area contributed by atoms with Gasteiger partial charge in [-0.25, -0.2) is 4.98 Å². The summed E-state index contributed by atoms with van der Waals surface area (Å²) in [7, 11) is 0. The van der Waals surface area contributed by atoms with Gasteiger partial charge in [-0.05, 0) is 42.7 Å². The van der Waals surface area contributed by atoms with E-state index in [0.717, 1.165) is 41.8 Å². The summed E-state index contributed by atoms with van der Waals surface area (Å²) in [6, 6.07) is 11.8. The molecule has 2 heterocycles. The summed E-state index contributed by atoms with van der Waals surface area (Å²) in [5.74, 6) is 0.904. The molecule has 0 saturated carbocycles. The number of piperidine rings is 1. The summed E-state index contributed by atoms with van der Waals surface area (Å²) >= 11 is 0. The first-order valence-corrected chi connectivity index (χ1v) is 9.96.